The lowest BCUT2D eigenvalue weighted by Gasteiger charge is -2.29. The quantitative estimate of drug-likeness (QED) is 0.588. The van der Waals surface area contributed by atoms with E-state index in [2.05, 4.69) is 35.6 Å². The SMILES string of the molecule is CN(c1c(C#N)cnc2[nH]ccc12)C1CC2CN(C(=O)Nc3nc(=O)[nH]s3)CC2C1. The second-order valence-electron chi connectivity index (χ2n) is 7.89. The van der Waals surface area contributed by atoms with Crippen molar-refractivity contribution < 1.29 is 4.79 Å². The van der Waals surface area contributed by atoms with Gasteiger partial charge in [-0.15, -0.1) is 0 Å². The number of hydrogen-bond acceptors (Lipinski definition) is 7. The molecule has 11 heteroatoms. The monoisotopic (exact) mass is 424 g/mol. The molecule has 5 rings (SSSR count). The number of H-pyrrole nitrogens is 2. The average Bonchev–Trinajstić information content (AvgIpc) is 3.49. The molecular formula is C19H20N8O2S. The van der Waals surface area contributed by atoms with Gasteiger partial charge in [0, 0.05) is 44.0 Å². The van der Waals surface area contributed by atoms with Gasteiger partial charge in [-0.3, -0.25) is 9.69 Å². The molecule has 0 radical (unpaired) electrons. The predicted molar refractivity (Wildman–Crippen MR) is 113 cm³/mol. The molecule has 3 N–H and O–H groups in total. The lowest BCUT2D eigenvalue weighted by atomic mass is 10.0. The summed E-state index contributed by atoms with van der Waals surface area (Å²) in [5.74, 6) is 0.824. The van der Waals surface area contributed by atoms with E-state index in [1.165, 1.54) is 0 Å². The Morgan fingerprint density at radius 1 is 1.40 bits per heavy atom. The maximum atomic E-state index is 12.5. The Balaban J connectivity index is 1.28. The molecule has 1 saturated heterocycles. The number of carbonyl (C=O) groups excluding carboxylic acids is 1. The van der Waals surface area contributed by atoms with Crippen molar-refractivity contribution in [3.63, 3.8) is 0 Å². The molecule has 3 aromatic heterocycles. The Kier molecular flexibility index (Phi) is 4.43. The number of nitrogens with one attached hydrogen (secondary N) is 3. The van der Waals surface area contributed by atoms with Crippen LogP contribution in [-0.4, -0.2) is 56.4 Å². The van der Waals surface area contributed by atoms with Crippen molar-refractivity contribution in [2.45, 2.75) is 18.9 Å². The van der Waals surface area contributed by atoms with E-state index in [-0.39, 0.29) is 11.2 Å². The summed E-state index contributed by atoms with van der Waals surface area (Å²) in [6, 6.07) is 4.31. The first kappa shape index (κ1) is 18.6. The largest absolute Gasteiger partial charge is 0.370 e. The fourth-order valence-electron chi connectivity index (χ4n) is 4.84. The van der Waals surface area contributed by atoms with Crippen molar-refractivity contribution in [3.05, 3.63) is 34.5 Å². The summed E-state index contributed by atoms with van der Waals surface area (Å²) in [6.07, 6.45) is 5.38. The molecule has 2 aliphatic rings. The molecule has 154 valence electrons. The summed E-state index contributed by atoms with van der Waals surface area (Å²) in [7, 11) is 2.04. The van der Waals surface area contributed by atoms with Gasteiger partial charge in [-0.1, -0.05) is 0 Å². The molecule has 3 aromatic rings. The van der Waals surface area contributed by atoms with Crippen molar-refractivity contribution in [1.29, 1.82) is 5.26 Å². The van der Waals surface area contributed by atoms with Gasteiger partial charge in [-0.25, -0.2) is 14.6 Å². The van der Waals surface area contributed by atoms with Gasteiger partial charge in [0.15, 0.2) is 0 Å². The van der Waals surface area contributed by atoms with E-state index >= 15 is 0 Å². The summed E-state index contributed by atoms with van der Waals surface area (Å²) in [5, 5.41) is 13.5. The van der Waals surface area contributed by atoms with Crippen molar-refractivity contribution in [3.8, 4) is 6.07 Å². The molecule has 2 amide bonds. The zero-order chi connectivity index (χ0) is 20.8. The zero-order valence-electron chi connectivity index (χ0n) is 16.3. The minimum atomic E-state index is -0.455. The number of aromatic nitrogens is 4. The van der Waals surface area contributed by atoms with Crippen molar-refractivity contribution in [2.75, 3.05) is 30.4 Å². The van der Waals surface area contributed by atoms with E-state index < -0.39 is 5.69 Å². The minimum Gasteiger partial charge on any atom is -0.370 e. The molecular weight excluding hydrogens is 404 g/mol. The van der Waals surface area contributed by atoms with Crippen LogP contribution >= 0.6 is 11.5 Å². The number of anilines is 2. The van der Waals surface area contributed by atoms with Gasteiger partial charge in [-0.05, 0) is 42.3 Å². The van der Waals surface area contributed by atoms with Crippen LogP contribution in [0.5, 0.6) is 0 Å². The van der Waals surface area contributed by atoms with Crippen LogP contribution in [0.15, 0.2) is 23.3 Å². The van der Waals surface area contributed by atoms with Gasteiger partial charge in [0.05, 0.1) is 11.3 Å². The highest BCUT2D eigenvalue weighted by Crippen LogP contribution is 2.42. The second kappa shape index (κ2) is 7.14. The fourth-order valence-corrected chi connectivity index (χ4v) is 5.34. The van der Waals surface area contributed by atoms with Crippen LogP contribution in [0.3, 0.4) is 0 Å². The maximum Gasteiger partial charge on any atom is 0.357 e. The van der Waals surface area contributed by atoms with Crippen LogP contribution < -0.4 is 15.9 Å². The van der Waals surface area contributed by atoms with E-state index in [0.717, 1.165) is 41.1 Å². The predicted octanol–water partition coefficient (Wildman–Crippen LogP) is 1.96. The Morgan fingerprint density at radius 3 is 2.83 bits per heavy atom. The van der Waals surface area contributed by atoms with E-state index in [1.54, 1.807) is 11.1 Å². The maximum absolute atomic E-state index is 12.5. The summed E-state index contributed by atoms with van der Waals surface area (Å²) < 4.78 is 2.46. The zero-order valence-corrected chi connectivity index (χ0v) is 17.1. The lowest BCUT2D eigenvalue weighted by molar-refractivity contribution is 0.218. The van der Waals surface area contributed by atoms with Crippen molar-refractivity contribution in [2.24, 2.45) is 11.8 Å². The number of amides is 2. The van der Waals surface area contributed by atoms with Crippen molar-refractivity contribution in [1.82, 2.24) is 24.2 Å². The third-order valence-corrected chi connectivity index (χ3v) is 6.91. The Morgan fingerprint density at radius 2 is 2.17 bits per heavy atom. The van der Waals surface area contributed by atoms with Crippen molar-refractivity contribution >= 4 is 39.4 Å². The number of hydrogen-bond donors (Lipinski definition) is 3. The first-order chi connectivity index (χ1) is 14.5. The molecule has 1 saturated carbocycles. The fraction of sp³-hybridized carbons (Fsp3) is 0.421. The summed E-state index contributed by atoms with van der Waals surface area (Å²) in [6.45, 7) is 1.36. The molecule has 0 spiro atoms. The molecule has 1 aliphatic heterocycles. The number of carbonyl (C=O) groups is 1. The van der Waals surface area contributed by atoms with Crippen LogP contribution in [0, 0.1) is 23.2 Å². The van der Waals surface area contributed by atoms with Gasteiger partial charge >= 0.3 is 11.7 Å². The molecule has 10 nitrogen and oxygen atoms in total. The van der Waals surface area contributed by atoms with Gasteiger partial charge in [0.2, 0.25) is 5.13 Å². The van der Waals surface area contributed by atoms with Crippen LogP contribution in [-0.2, 0) is 0 Å². The number of pyridine rings is 1. The molecule has 4 heterocycles. The summed E-state index contributed by atoms with van der Waals surface area (Å²) in [4.78, 5) is 38.8. The van der Waals surface area contributed by atoms with Crippen LogP contribution in [0.4, 0.5) is 15.6 Å². The van der Waals surface area contributed by atoms with E-state index in [4.69, 9.17) is 0 Å². The summed E-state index contributed by atoms with van der Waals surface area (Å²) >= 11 is 1.02. The molecule has 0 aromatic carbocycles. The van der Waals surface area contributed by atoms with Gasteiger partial charge in [0.1, 0.15) is 11.7 Å². The molecule has 0 bridgehead atoms. The third-order valence-electron chi connectivity index (χ3n) is 6.24. The number of nitrogens with zero attached hydrogens (tertiary/aromatic N) is 5. The highest BCUT2D eigenvalue weighted by atomic mass is 32.1. The number of nitriles is 1. The number of aromatic amines is 2. The number of fused-ring (bicyclic) bond motifs is 2. The average molecular weight is 424 g/mol. The third kappa shape index (κ3) is 3.09. The van der Waals surface area contributed by atoms with Gasteiger partial charge < -0.3 is 14.8 Å². The van der Waals surface area contributed by atoms with Crippen LogP contribution in [0.2, 0.25) is 0 Å². The van der Waals surface area contributed by atoms with Gasteiger partial charge in [0.25, 0.3) is 0 Å². The highest BCUT2D eigenvalue weighted by Gasteiger charge is 2.44. The smallest absolute Gasteiger partial charge is 0.357 e. The Labute approximate surface area is 175 Å². The standard InChI is InChI=1S/C19H20N8O2S/c1-26(15-12(6-20)7-22-16-14(15)2-3-21-16)13-4-10-8-27(9-11(10)5-13)19(29)24-18-23-17(28)25-30-18/h2-3,7,10-11,13H,4-5,8-9H2,1H3,(H,21,22)(H2,23,24,25,28,29). The Hall–Kier alpha value is -3.39. The van der Waals surface area contributed by atoms with E-state index in [0.29, 0.717) is 36.5 Å². The molecule has 2 atom stereocenters. The first-order valence-corrected chi connectivity index (χ1v) is 10.6. The van der Waals surface area contributed by atoms with E-state index in [9.17, 15) is 14.9 Å². The first-order valence-electron chi connectivity index (χ1n) is 9.74. The second-order valence-corrected chi connectivity index (χ2v) is 8.68. The lowest BCUT2D eigenvalue weighted by Crippen LogP contribution is -2.36. The normalized spacial score (nSPS) is 22.8. The molecule has 2 unspecified atom stereocenters. The Bertz CT molecular complexity index is 1190. The topological polar surface area (TPSA) is 134 Å². The number of likely N-dealkylation sites (tertiary alicyclic amines) is 1. The van der Waals surface area contributed by atoms with Crippen LogP contribution in [0.25, 0.3) is 11.0 Å². The van der Waals surface area contributed by atoms with Crippen LogP contribution in [0.1, 0.15) is 18.4 Å². The minimum absolute atomic E-state index is 0.216. The molecule has 2 fully saturated rings. The van der Waals surface area contributed by atoms with Gasteiger partial charge in [-0.2, -0.15) is 10.2 Å². The highest BCUT2D eigenvalue weighted by molar-refractivity contribution is 7.09. The number of urea groups is 1. The summed E-state index contributed by atoms with van der Waals surface area (Å²) in [5.41, 5.74) is 1.80. The number of rotatable bonds is 3. The molecule has 30 heavy (non-hydrogen) atoms. The molecule has 1 aliphatic carbocycles. The van der Waals surface area contributed by atoms with E-state index in [1.807, 2.05) is 19.3 Å².